The molecule has 0 saturated heterocycles. The second-order valence-electron chi connectivity index (χ2n) is 3.76. The molecule has 1 aliphatic rings. The van der Waals surface area contributed by atoms with Crippen LogP contribution in [0.1, 0.15) is 23.3 Å². The molecule has 0 radical (unpaired) electrons. The van der Waals surface area contributed by atoms with Crippen molar-refractivity contribution in [3.8, 4) is 0 Å². The maximum atomic E-state index is 9.91. The normalized spacial score (nSPS) is 24.4. The Morgan fingerprint density at radius 3 is 2.36 bits per heavy atom. The third kappa shape index (κ3) is 0.820. The first-order chi connectivity index (χ1) is 6.79. The molecule has 0 amide bonds. The Balaban J connectivity index is 2.49. The largest absolute Gasteiger partial charge is 0.386 e. The summed E-state index contributed by atoms with van der Waals surface area (Å²) < 4.78 is 0. The Kier molecular flexibility index (Phi) is 1.46. The fourth-order valence-electron chi connectivity index (χ4n) is 2.29. The Morgan fingerprint density at radius 1 is 1.00 bits per heavy atom. The lowest BCUT2D eigenvalue weighted by atomic mass is 10.1. The maximum absolute atomic E-state index is 9.91. The van der Waals surface area contributed by atoms with Gasteiger partial charge in [-0.2, -0.15) is 0 Å². The van der Waals surface area contributed by atoms with Gasteiger partial charge < -0.3 is 10.8 Å². The second kappa shape index (κ2) is 2.56. The standard InChI is InChI=1S/C12H11NO/c13-11-8-5-1-3-7-4-2-6-9(10(7)8)12(11)14/h1-6,11-12,14H,13H2/t11-,12+/m0/s1. The first-order valence-electron chi connectivity index (χ1n) is 4.74. The van der Waals surface area contributed by atoms with Crippen LogP contribution in [-0.4, -0.2) is 5.11 Å². The Labute approximate surface area is 82.0 Å². The molecular weight excluding hydrogens is 174 g/mol. The third-order valence-corrected chi connectivity index (χ3v) is 2.99. The summed E-state index contributed by atoms with van der Waals surface area (Å²) in [7, 11) is 0. The first-order valence-corrected chi connectivity index (χ1v) is 4.74. The van der Waals surface area contributed by atoms with Gasteiger partial charge in [0.25, 0.3) is 0 Å². The molecule has 0 unspecified atom stereocenters. The number of rotatable bonds is 0. The molecule has 2 atom stereocenters. The summed E-state index contributed by atoms with van der Waals surface area (Å²) in [4.78, 5) is 0. The predicted molar refractivity (Wildman–Crippen MR) is 55.8 cm³/mol. The van der Waals surface area contributed by atoms with Crippen LogP contribution in [-0.2, 0) is 0 Å². The maximum Gasteiger partial charge on any atom is 0.0988 e. The highest BCUT2D eigenvalue weighted by Gasteiger charge is 2.29. The highest BCUT2D eigenvalue weighted by atomic mass is 16.3. The van der Waals surface area contributed by atoms with Crippen LogP contribution in [0.15, 0.2) is 36.4 Å². The molecular formula is C12H11NO. The van der Waals surface area contributed by atoms with Gasteiger partial charge in [-0.05, 0) is 21.9 Å². The Morgan fingerprint density at radius 2 is 1.64 bits per heavy atom. The van der Waals surface area contributed by atoms with E-state index in [0.29, 0.717) is 0 Å². The van der Waals surface area contributed by atoms with Gasteiger partial charge in [-0.15, -0.1) is 0 Å². The smallest absolute Gasteiger partial charge is 0.0988 e. The summed E-state index contributed by atoms with van der Waals surface area (Å²) in [6.07, 6.45) is -0.545. The van der Waals surface area contributed by atoms with E-state index >= 15 is 0 Å². The third-order valence-electron chi connectivity index (χ3n) is 2.99. The molecule has 0 aliphatic heterocycles. The molecule has 2 nitrogen and oxygen atoms in total. The number of aliphatic hydroxyl groups excluding tert-OH is 1. The van der Waals surface area contributed by atoms with Crippen molar-refractivity contribution >= 4 is 10.8 Å². The molecule has 14 heavy (non-hydrogen) atoms. The zero-order chi connectivity index (χ0) is 9.71. The quantitative estimate of drug-likeness (QED) is 0.658. The molecule has 0 saturated carbocycles. The minimum atomic E-state index is -0.545. The molecule has 2 aromatic rings. The van der Waals surface area contributed by atoms with Gasteiger partial charge in [0, 0.05) is 0 Å². The predicted octanol–water partition coefficient (Wildman–Crippen LogP) is 1.89. The van der Waals surface area contributed by atoms with E-state index in [1.54, 1.807) is 0 Å². The Hall–Kier alpha value is -1.38. The SMILES string of the molecule is N[C@H]1c2cccc3cccc(c23)[C@H]1O. The van der Waals surface area contributed by atoms with Gasteiger partial charge in [-0.3, -0.25) is 0 Å². The summed E-state index contributed by atoms with van der Waals surface area (Å²) in [6.45, 7) is 0. The zero-order valence-electron chi connectivity index (χ0n) is 7.64. The average molecular weight is 185 g/mol. The molecule has 0 heterocycles. The minimum Gasteiger partial charge on any atom is -0.386 e. The van der Waals surface area contributed by atoms with E-state index in [1.165, 1.54) is 0 Å². The van der Waals surface area contributed by atoms with E-state index in [4.69, 9.17) is 5.73 Å². The van der Waals surface area contributed by atoms with Crippen molar-refractivity contribution in [2.24, 2.45) is 5.73 Å². The van der Waals surface area contributed by atoms with Crippen molar-refractivity contribution in [3.63, 3.8) is 0 Å². The van der Waals surface area contributed by atoms with Gasteiger partial charge in [0.15, 0.2) is 0 Å². The number of nitrogens with two attached hydrogens (primary N) is 1. The highest BCUT2D eigenvalue weighted by molar-refractivity contribution is 5.91. The molecule has 0 aromatic heterocycles. The van der Waals surface area contributed by atoms with Crippen molar-refractivity contribution in [1.29, 1.82) is 0 Å². The van der Waals surface area contributed by atoms with Crippen LogP contribution in [0.3, 0.4) is 0 Å². The van der Waals surface area contributed by atoms with E-state index in [9.17, 15) is 5.11 Å². The van der Waals surface area contributed by atoms with Crippen LogP contribution >= 0.6 is 0 Å². The van der Waals surface area contributed by atoms with E-state index in [0.717, 1.165) is 21.9 Å². The molecule has 3 N–H and O–H groups in total. The van der Waals surface area contributed by atoms with Crippen molar-refractivity contribution < 1.29 is 5.11 Å². The number of aliphatic hydroxyl groups is 1. The highest BCUT2D eigenvalue weighted by Crippen LogP contribution is 2.42. The van der Waals surface area contributed by atoms with Gasteiger partial charge in [0.1, 0.15) is 0 Å². The van der Waals surface area contributed by atoms with E-state index in [-0.39, 0.29) is 6.04 Å². The van der Waals surface area contributed by atoms with Crippen molar-refractivity contribution in [1.82, 2.24) is 0 Å². The summed E-state index contributed by atoms with van der Waals surface area (Å²) in [5, 5.41) is 12.2. The summed E-state index contributed by atoms with van der Waals surface area (Å²) in [5.74, 6) is 0. The van der Waals surface area contributed by atoms with Crippen molar-refractivity contribution in [2.75, 3.05) is 0 Å². The number of benzene rings is 2. The Bertz CT molecular complexity index is 464. The van der Waals surface area contributed by atoms with E-state index in [1.807, 2.05) is 36.4 Å². The van der Waals surface area contributed by atoms with Crippen molar-refractivity contribution in [3.05, 3.63) is 47.5 Å². The van der Waals surface area contributed by atoms with Crippen LogP contribution in [0, 0.1) is 0 Å². The molecule has 1 aliphatic carbocycles. The molecule has 0 spiro atoms. The van der Waals surface area contributed by atoms with Crippen LogP contribution in [0.2, 0.25) is 0 Å². The van der Waals surface area contributed by atoms with Crippen LogP contribution in [0.4, 0.5) is 0 Å². The summed E-state index contributed by atoms with van der Waals surface area (Å²) in [6, 6.07) is 11.7. The van der Waals surface area contributed by atoms with Gasteiger partial charge in [0.2, 0.25) is 0 Å². The lowest BCUT2D eigenvalue weighted by Gasteiger charge is -2.09. The van der Waals surface area contributed by atoms with E-state index in [2.05, 4.69) is 0 Å². The molecule has 2 heteroatoms. The average Bonchev–Trinajstić information content (AvgIpc) is 2.47. The fraction of sp³-hybridized carbons (Fsp3) is 0.167. The zero-order valence-corrected chi connectivity index (χ0v) is 7.64. The lowest BCUT2D eigenvalue weighted by Crippen LogP contribution is -2.13. The molecule has 0 bridgehead atoms. The monoisotopic (exact) mass is 185 g/mol. The summed E-state index contributed by atoms with van der Waals surface area (Å²) in [5.41, 5.74) is 7.96. The molecule has 2 aromatic carbocycles. The van der Waals surface area contributed by atoms with Crippen LogP contribution in [0.5, 0.6) is 0 Å². The number of hydrogen-bond acceptors (Lipinski definition) is 2. The van der Waals surface area contributed by atoms with E-state index < -0.39 is 6.10 Å². The minimum absolute atomic E-state index is 0.268. The molecule has 70 valence electrons. The molecule has 0 fully saturated rings. The van der Waals surface area contributed by atoms with Gasteiger partial charge >= 0.3 is 0 Å². The van der Waals surface area contributed by atoms with Gasteiger partial charge in [0.05, 0.1) is 12.1 Å². The molecule has 3 rings (SSSR count). The lowest BCUT2D eigenvalue weighted by molar-refractivity contribution is 0.155. The van der Waals surface area contributed by atoms with Crippen molar-refractivity contribution in [2.45, 2.75) is 12.1 Å². The number of hydrogen-bond donors (Lipinski definition) is 2. The first kappa shape index (κ1) is 7.97. The second-order valence-corrected chi connectivity index (χ2v) is 3.76. The van der Waals surface area contributed by atoms with Gasteiger partial charge in [-0.1, -0.05) is 36.4 Å². The van der Waals surface area contributed by atoms with Crippen LogP contribution in [0.25, 0.3) is 10.8 Å². The summed E-state index contributed by atoms with van der Waals surface area (Å²) >= 11 is 0. The topological polar surface area (TPSA) is 46.2 Å². The van der Waals surface area contributed by atoms with Gasteiger partial charge in [-0.25, -0.2) is 0 Å². The van der Waals surface area contributed by atoms with Crippen LogP contribution < -0.4 is 5.73 Å². The fourth-order valence-corrected chi connectivity index (χ4v) is 2.29.